The van der Waals surface area contributed by atoms with Crippen molar-refractivity contribution in [1.29, 1.82) is 0 Å². The van der Waals surface area contributed by atoms with Gasteiger partial charge in [0.2, 0.25) is 0 Å². The molecule has 0 spiro atoms. The second kappa shape index (κ2) is 6.93. The van der Waals surface area contributed by atoms with Crippen LogP contribution in [0.2, 0.25) is 5.02 Å². The van der Waals surface area contributed by atoms with E-state index in [2.05, 4.69) is 15.4 Å². The highest BCUT2D eigenvalue weighted by molar-refractivity contribution is 6.30. The van der Waals surface area contributed by atoms with Crippen LogP contribution >= 0.6 is 11.6 Å². The highest BCUT2D eigenvalue weighted by Gasteiger charge is 2.09. The van der Waals surface area contributed by atoms with E-state index in [0.717, 1.165) is 5.69 Å². The maximum Gasteiger partial charge on any atom is 0.262 e. The molecule has 116 valence electrons. The summed E-state index contributed by atoms with van der Waals surface area (Å²) in [6, 6.07) is 14.1. The van der Waals surface area contributed by atoms with Crippen LogP contribution in [-0.4, -0.2) is 27.3 Å². The zero-order chi connectivity index (χ0) is 16.1. The summed E-state index contributed by atoms with van der Waals surface area (Å²) in [7, 11) is 0. The number of hydrogen-bond donors (Lipinski definition) is 1. The number of halogens is 1. The Hall–Kier alpha value is -2.86. The molecule has 1 heterocycles. The molecule has 0 saturated heterocycles. The normalized spacial score (nSPS) is 10.3. The molecule has 6 nitrogen and oxygen atoms in total. The molecule has 0 atom stereocenters. The summed E-state index contributed by atoms with van der Waals surface area (Å²) in [6.07, 6.45) is 3.00. The van der Waals surface area contributed by atoms with Crippen LogP contribution in [0.15, 0.2) is 61.2 Å². The minimum atomic E-state index is -0.271. The first-order valence-electron chi connectivity index (χ1n) is 6.84. The summed E-state index contributed by atoms with van der Waals surface area (Å²) >= 11 is 5.80. The van der Waals surface area contributed by atoms with Crippen LogP contribution in [0.25, 0.3) is 5.69 Å². The Balaban J connectivity index is 1.65. The lowest BCUT2D eigenvalue weighted by Crippen LogP contribution is -2.21. The SMILES string of the molecule is O=C(COc1ccc(Cl)cc1)Nc1ccccc1-n1cncn1. The van der Waals surface area contributed by atoms with Crippen molar-refractivity contribution in [1.82, 2.24) is 14.8 Å². The largest absolute Gasteiger partial charge is 0.484 e. The van der Waals surface area contributed by atoms with Crippen LogP contribution in [0, 0.1) is 0 Å². The van der Waals surface area contributed by atoms with E-state index in [9.17, 15) is 4.79 Å². The minimum absolute atomic E-state index is 0.104. The van der Waals surface area contributed by atoms with Gasteiger partial charge in [0.25, 0.3) is 5.91 Å². The minimum Gasteiger partial charge on any atom is -0.484 e. The van der Waals surface area contributed by atoms with E-state index in [-0.39, 0.29) is 12.5 Å². The molecule has 7 heteroatoms. The molecular weight excluding hydrogens is 316 g/mol. The number of anilines is 1. The van der Waals surface area contributed by atoms with Crippen molar-refractivity contribution in [2.75, 3.05) is 11.9 Å². The van der Waals surface area contributed by atoms with Gasteiger partial charge >= 0.3 is 0 Å². The number of aromatic nitrogens is 3. The fourth-order valence-corrected chi connectivity index (χ4v) is 2.10. The molecule has 0 saturated carbocycles. The number of rotatable bonds is 5. The highest BCUT2D eigenvalue weighted by atomic mass is 35.5. The Morgan fingerprint density at radius 1 is 1.17 bits per heavy atom. The molecule has 0 radical (unpaired) electrons. The molecule has 0 aliphatic heterocycles. The molecule has 3 aromatic rings. The van der Waals surface area contributed by atoms with Crippen LogP contribution < -0.4 is 10.1 Å². The molecule has 0 unspecified atom stereocenters. The Morgan fingerprint density at radius 3 is 2.70 bits per heavy atom. The van der Waals surface area contributed by atoms with E-state index >= 15 is 0 Å². The lowest BCUT2D eigenvalue weighted by Gasteiger charge is -2.11. The predicted molar refractivity (Wildman–Crippen MR) is 86.9 cm³/mol. The first-order chi connectivity index (χ1) is 11.2. The summed E-state index contributed by atoms with van der Waals surface area (Å²) in [6.45, 7) is -0.104. The smallest absolute Gasteiger partial charge is 0.262 e. The second-order valence-corrected chi connectivity index (χ2v) is 5.08. The molecule has 3 rings (SSSR count). The van der Waals surface area contributed by atoms with Gasteiger partial charge in [0.05, 0.1) is 11.4 Å². The number of carbonyl (C=O) groups excluding carboxylic acids is 1. The topological polar surface area (TPSA) is 69.0 Å². The highest BCUT2D eigenvalue weighted by Crippen LogP contribution is 2.19. The molecule has 2 aromatic carbocycles. The van der Waals surface area contributed by atoms with Gasteiger partial charge in [-0.1, -0.05) is 23.7 Å². The van der Waals surface area contributed by atoms with Crippen LogP contribution in [0.5, 0.6) is 5.75 Å². The van der Waals surface area contributed by atoms with Crippen LogP contribution in [0.4, 0.5) is 5.69 Å². The summed E-state index contributed by atoms with van der Waals surface area (Å²) in [5.41, 5.74) is 1.35. The predicted octanol–water partition coefficient (Wildman–Crippen LogP) is 2.94. The molecule has 1 amide bonds. The fourth-order valence-electron chi connectivity index (χ4n) is 1.98. The molecular formula is C16H13ClN4O2. The van der Waals surface area contributed by atoms with Crippen molar-refractivity contribution >= 4 is 23.2 Å². The third-order valence-electron chi connectivity index (χ3n) is 3.03. The molecule has 0 fully saturated rings. The maximum atomic E-state index is 12.1. The van der Waals surface area contributed by atoms with Gasteiger partial charge in [-0.2, -0.15) is 5.10 Å². The number of ether oxygens (including phenoxy) is 1. The number of nitrogens with zero attached hydrogens (tertiary/aromatic N) is 3. The Morgan fingerprint density at radius 2 is 1.96 bits per heavy atom. The third-order valence-corrected chi connectivity index (χ3v) is 3.28. The van der Waals surface area contributed by atoms with Crippen molar-refractivity contribution in [3.63, 3.8) is 0 Å². The number of amides is 1. The van der Waals surface area contributed by atoms with E-state index in [4.69, 9.17) is 16.3 Å². The lowest BCUT2D eigenvalue weighted by atomic mass is 10.2. The standard InChI is InChI=1S/C16H13ClN4O2/c17-12-5-7-13(8-6-12)23-9-16(22)20-14-3-1-2-4-15(14)21-11-18-10-19-21/h1-8,10-11H,9H2,(H,20,22). The molecule has 0 bridgehead atoms. The summed E-state index contributed by atoms with van der Waals surface area (Å²) in [5.74, 6) is 0.307. The van der Waals surface area contributed by atoms with Crippen LogP contribution in [0.1, 0.15) is 0 Å². The van der Waals surface area contributed by atoms with Crippen molar-refractivity contribution in [2.24, 2.45) is 0 Å². The number of nitrogens with one attached hydrogen (secondary N) is 1. The first kappa shape index (κ1) is 15.1. The first-order valence-corrected chi connectivity index (χ1v) is 7.22. The molecule has 0 aliphatic carbocycles. The van der Waals surface area contributed by atoms with Gasteiger partial charge in [-0.25, -0.2) is 9.67 Å². The van der Waals surface area contributed by atoms with E-state index < -0.39 is 0 Å². The van der Waals surface area contributed by atoms with Gasteiger partial charge in [-0.15, -0.1) is 0 Å². The molecule has 1 N–H and O–H groups in total. The average Bonchev–Trinajstić information content (AvgIpc) is 3.09. The summed E-state index contributed by atoms with van der Waals surface area (Å²) < 4.78 is 7.00. The maximum absolute atomic E-state index is 12.1. The van der Waals surface area contributed by atoms with Crippen LogP contribution in [0.3, 0.4) is 0 Å². The van der Waals surface area contributed by atoms with Crippen molar-refractivity contribution < 1.29 is 9.53 Å². The van der Waals surface area contributed by atoms with E-state index in [1.807, 2.05) is 18.2 Å². The molecule has 0 aliphatic rings. The summed E-state index contributed by atoms with van der Waals surface area (Å²) in [4.78, 5) is 16.0. The second-order valence-electron chi connectivity index (χ2n) is 4.65. The molecule has 1 aromatic heterocycles. The van der Waals surface area contributed by atoms with Gasteiger partial charge in [-0.3, -0.25) is 4.79 Å². The van der Waals surface area contributed by atoms with Gasteiger partial charge in [0.15, 0.2) is 6.61 Å². The summed E-state index contributed by atoms with van der Waals surface area (Å²) in [5, 5.41) is 7.48. The van der Waals surface area contributed by atoms with E-state index in [1.54, 1.807) is 41.3 Å². The lowest BCUT2D eigenvalue weighted by molar-refractivity contribution is -0.118. The number of hydrogen-bond acceptors (Lipinski definition) is 4. The number of carbonyl (C=O) groups is 1. The zero-order valence-corrected chi connectivity index (χ0v) is 12.8. The molecule has 23 heavy (non-hydrogen) atoms. The van der Waals surface area contributed by atoms with Gasteiger partial charge < -0.3 is 10.1 Å². The van der Waals surface area contributed by atoms with E-state index in [1.165, 1.54) is 6.33 Å². The van der Waals surface area contributed by atoms with Crippen molar-refractivity contribution in [3.8, 4) is 11.4 Å². The van der Waals surface area contributed by atoms with Gasteiger partial charge in [0.1, 0.15) is 18.4 Å². The Labute approximate surface area is 137 Å². The van der Waals surface area contributed by atoms with Gasteiger partial charge in [0, 0.05) is 5.02 Å². The van der Waals surface area contributed by atoms with Gasteiger partial charge in [-0.05, 0) is 36.4 Å². The van der Waals surface area contributed by atoms with Crippen molar-refractivity contribution in [2.45, 2.75) is 0 Å². The third kappa shape index (κ3) is 3.87. The number of para-hydroxylation sites is 2. The zero-order valence-electron chi connectivity index (χ0n) is 12.0. The van der Waals surface area contributed by atoms with E-state index in [0.29, 0.717) is 16.5 Å². The average molecular weight is 329 g/mol. The van der Waals surface area contributed by atoms with Crippen molar-refractivity contribution in [3.05, 3.63) is 66.2 Å². The fraction of sp³-hybridized carbons (Fsp3) is 0.0625. The monoisotopic (exact) mass is 328 g/mol. The quantitative estimate of drug-likeness (QED) is 0.782. The van der Waals surface area contributed by atoms with Crippen LogP contribution in [-0.2, 0) is 4.79 Å². The Kier molecular flexibility index (Phi) is 4.54. The number of benzene rings is 2. The Bertz CT molecular complexity index is 788.